The molecule has 3 rings (SSSR count). The highest BCUT2D eigenvalue weighted by molar-refractivity contribution is 7.16. The number of rotatable bonds is 5. The minimum atomic E-state index is -0.304. The van der Waals surface area contributed by atoms with Gasteiger partial charge in [-0.15, -0.1) is 11.3 Å². The fourth-order valence-corrected chi connectivity index (χ4v) is 3.80. The summed E-state index contributed by atoms with van der Waals surface area (Å²) in [5.41, 5.74) is 2.18. The van der Waals surface area contributed by atoms with E-state index in [-0.39, 0.29) is 5.91 Å². The summed E-state index contributed by atoms with van der Waals surface area (Å²) in [4.78, 5) is 18.0. The Morgan fingerprint density at radius 3 is 2.42 bits per heavy atom. The predicted molar refractivity (Wildman–Crippen MR) is 108 cm³/mol. The van der Waals surface area contributed by atoms with Crippen LogP contribution in [-0.4, -0.2) is 17.5 Å². The lowest BCUT2D eigenvalue weighted by atomic mass is 10.1. The monoisotopic (exact) mass is 406 g/mol. The second kappa shape index (κ2) is 8.08. The van der Waals surface area contributed by atoms with E-state index in [1.54, 1.807) is 18.2 Å². The molecule has 1 aromatic heterocycles. The second-order valence-electron chi connectivity index (χ2n) is 5.49. The number of hydrogen-bond acceptors (Lipinski definition) is 4. The first-order valence-electron chi connectivity index (χ1n) is 7.94. The van der Waals surface area contributed by atoms with Crippen LogP contribution in [0.4, 0.5) is 5.13 Å². The van der Waals surface area contributed by atoms with Crippen molar-refractivity contribution in [1.29, 1.82) is 0 Å². The Morgan fingerprint density at radius 1 is 1.15 bits per heavy atom. The van der Waals surface area contributed by atoms with Crippen LogP contribution in [0.25, 0.3) is 11.3 Å². The molecule has 3 aromatic rings. The zero-order valence-electron chi connectivity index (χ0n) is 14.2. The molecule has 134 valence electrons. The van der Waals surface area contributed by atoms with Gasteiger partial charge in [0, 0.05) is 26.0 Å². The number of hydrogen-bond donors (Lipinski definition) is 1. The number of carbonyl (C=O) groups is 1. The normalized spacial score (nSPS) is 10.6. The fourth-order valence-electron chi connectivity index (χ4n) is 2.45. The summed E-state index contributed by atoms with van der Waals surface area (Å²) < 4.78 is 5.46. The number of halogens is 2. The molecule has 2 aromatic carbocycles. The number of aryl methyl sites for hydroxylation is 1. The lowest BCUT2D eigenvalue weighted by Gasteiger charge is -2.04. The van der Waals surface area contributed by atoms with Crippen molar-refractivity contribution in [3.8, 4) is 17.0 Å². The zero-order valence-corrected chi connectivity index (χ0v) is 16.5. The smallest absolute Gasteiger partial charge is 0.257 e. The minimum absolute atomic E-state index is 0.304. The number of aromatic nitrogens is 1. The number of anilines is 1. The van der Waals surface area contributed by atoms with Crippen molar-refractivity contribution in [2.75, 3.05) is 11.9 Å². The van der Waals surface area contributed by atoms with Gasteiger partial charge in [-0.25, -0.2) is 4.98 Å². The van der Waals surface area contributed by atoms with Crippen LogP contribution in [0.3, 0.4) is 0 Å². The molecule has 0 bridgehead atoms. The van der Waals surface area contributed by atoms with Gasteiger partial charge in [0.05, 0.1) is 12.3 Å². The van der Waals surface area contributed by atoms with E-state index >= 15 is 0 Å². The van der Waals surface area contributed by atoms with Crippen molar-refractivity contribution in [3.05, 3.63) is 63.0 Å². The van der Waals surface area contributed by atoms with Gasteiger partial charge in [0.15, 0.2) is 5.13 Å². The van der Waals surface area contributed by atoms with Gasteiger partial charge in [0.25, 0.3) is 5.91 Å². The highest BCUT2D eigenvalue weighted by Gasteiger charge is 2.14. The molecule has 1 N–H and O–H groups in total. The Morgan fingerprint density at radius 2 is 1.81 bits per heavy atom. The first-order valence-corrected chi connectivity index (χ1v) is 9.51. The molecule has 0 fully saturated rings. The number of nitrogens with zero attached hydrogens (tertiary/aromatic N) is 1. The van der Waals surface area contributed by atoms with Crippen molar-refractivity contribution in [1.82, 2.24) is 4.98 Å². The molecule has 0 saturated carbocycles. The van der Waals surface area contributed by atoms with Crippen LogP contribution in [0.2, 0.25) is 10.0 Å². The number of benzene rings is 2. The molecule has 0 aliphatic carbocycles. The molecule has 0 spiro atoms. The first kappa shape index (κ1) is 18.7. The third-order valence-electron chi connectivity index (χ3n) is 3.58. The molecule has 0 aliphatic rings. The molecular formula is C19H16Cl2N2O2S. The highest BCUT2D eigenvalue weighted by atomic mass is 35.5. The van der Waals surface area contributed by atoms with Crippen molar-refractivity contribution in [2.24, 2.45) is 0 Å². The SMILES string of the molecule is CCOc1ccc(-c2nc(NC(=O)c3cc(Cl)cc(Cl)c3)sc2C)cc1. The maximum absolute atomic E-state index is 12.4. The quantitative estimate of drug-likeness (QED) is 0.558. The summed E-state index contributed by atoms with van der Waals surface area (Å²) in [6, 6.07) is 12.4. The van der Waals surface area contributed by atoms with E-state index in [2.05, 4.69) is 10.3 Å². The van der Waals surface area contributed by atoms with Crippen LogP contribution >= 0.6 is 34.5 Å². The standard InChI is InChI=1S/C19H16Cl2N2O2S/c1-3-25-16-6-4-12(5-7-16)17-11(2)26-19(22-17)23-18(24)13-8-14(20)10-15(21)9-13/h4-10H,3H2,1-2H3,(H,22,23,24). The van der Waals surface area contributed by atoms with Crippen LogP contribution in [0, 0.1) is 6.92 Å². The molecule has 7 heteroatoms. The van der Waals surface area contributed by atoms with Gasteiger partial charge in [0.1, 0.15) is 5.75 Å². The van der Waals surface area contributed by atoms with Gasteiger partial charge in [0.2, 0.25) is 0 Å². The van der Waals surface area contributed by atoms with E-state index in [1.165, 1.54) is 11.3 Å². The topological polar surface area (TPSA) is 51.2 Å². The molecule has 0 atom stereocenters. The lowest BCUT2D eigenvalue weighted by Crippen LogP contribution is -2.11. The predicted octanol–water partition coefficient (Wildman–Crippen LogP) is 6.08. The van der Waals surface area contributed by atoms with Gasteiger partial charge in [-0.1, -0.05) is 23.2 Å². The third-order valence-corrected chi connectivity index (χ3v) is 4.90. The number of amides is 1. The molecule has 0 saturated heterocycles. The molecule has 4 nitrogen and oxygen atoms in total. The van der Waals surface area contributed by atoms with Gasteiger partial charge in [-0.2, -0.15) is 0 Å². The molecule has 1 heterocycles. The number of carbonyl (C=O) groups excluding carboxylic acids is 1. The summed E-state index contributed by atoms with van der Waals surface area (Å²) in [6.45, 7) is 4.54. The maximum Gasteiger partial charge on any atom is 0.257 e. The largest absolute Gasteiger partial charge is 0.494 e. The van der Waals surface area contributed by atoms with E-state index in [1.807, 2.05) is 38.1 Å². The van der Waals surface area contributed by atoms with Gasteiger partial charge < -0.3 is 4.74 Å². The Hall–Kier alpha value is -2.08. The van der Waals surface area contributed by atoms with Gasteiger partial charge >= 0.3 is 0 Å². The van der Waals surface area contributed by atoms with Crippen molar-refractivity contribution >= 4 is 45.6 Å². The third kappa shape index (κ3) is 4.36. The van der Waals surface area contributed by atoms with Crippen molar-refractivity contribution in [3.63, 3.8) is 0 Å². The average molecular weight is 407 g/mol. The van der Waals surface area contributed by atoms with Crippen LogP contribution in [-0.2, 0) is 0 Å². The Labute approximate surface area is 165 Å². The van der Waals surface area contributed by atoms with Gasteiger partial charge in [-0.3, -0.25) is 10.1 Å². The molecular weight excluding hydrogens is 391 g/mol. The van der Waals surface area contributed by atoms with Crippen LogP contribution < -0.4 is 10.1 Å². The van der Waals surface area contributed by atoms with E-state index in [4.69, 9.17) is 27.9 Å². The van der Waals surface area contributed by atoms with Crippen LogP contribution in [0.1, 0.15) is 22.2 Å². The Kier molecular flexibility index (Phi) is 5.81. The molecule has 0 unspecified atom stereocenters. The molecule has 0 radical (unpaired) electrons. The first-order chi connectivity index (χ1) is 12.5. The van der Waals surface area contributed by atoms with Crippen molar-refractivity contribution in [2.45, 2.75) is 13.8 Å². The number of thiazole rings is 1. The van der Waals surface area contributed by atoms with Crippen LogP contribution in [0.15, 0.2) is 42.5 Å². The summed E-state index contributed by atoms with van der Waals surface area (Å²) in [7, 11) is 0. The molecule has 1 amide bonds. The summed E-state index contributed by atoms with van der Waals surface area (Å²) in [6.07, 6.45) is 0. The summed E-state index contributed by atoms with van der Waals surface area (Å²) in [5, 5.41) is 4.14. The maximum atomic E-state index is 12.4. The number of ether oxygens (including phenoxy) is 1. The number of nitrogens with one attached hydrogen (secondary N) is 1. The van der Waals surface area contributed by atoms with E-state index in [9.17, 15) is 4.79 Å². The van der Waals surface area contributed by atoms with E-state index < -0.39 is 0 Å². The average Bonchev–Trinajstić information content (AvgIpc) is 2.95. The highest BCUT2D eigenvalue weighted by Crippen LogP contribution is 2.31. The zero-order chi connectivity index (χ0) is 18.7. The van der Waals surface area contributed by atoms with E-state index in [0.29, 0.717) is 27.3 Å². The Bertz CT molecular complexity index is 919. The van der Waals surface area contributed by atoms with E-state index in [0.717, 1.165) is 21.9 Å². The second-order valence-corrected chi connectivity index (χ2v) is 7.57. The summed E-state index contributed by atoms with van der Waals surface area (Å²) in [5.74, 6) is 0.511. The fraction of sp³-hybridized carbons (Fsp3) is 0.158. The molecule has 26 heavy (non-hydrogen) atoms. The summed E-state index contributed by atoms with van der Waals surface area (Å²) >= 11 is 13.3. The molecule has 0 aliphatic heterocycles. The Balaban J connectivity index is 1.80. The van der Waals surface area contributed by atoms with Crippen molar-refractivity contribution < 1.29 is 9.53 Å². The van der Waals surface area contributed by atoms with Crippen LogP contribution in [0.5, 0.6) is 5.75 Å². The van der Waals surface area contributed by atoms with Gasteiger partial charge in [-0.05, 0) is 56.3 Å². The minimum Gasteiger partial charge on any atom is -0.494 e. The lowest BCUT2D eigenvalue weighted by molar-refractivity contribution is 0.102.